The number of carbonyl (C=O) groups excluding carboxylic acids is 1. The molecule has 1 aliphatic heterocycles. The molecule has 0 aliphatic carbocycles. The van der Waals surface area contributed by atoms with E-state index in [4.69, 9.17) is 16.6 Å². The number of nitrogens with zero attached hydrogens (tertiary/aromatic N) is 3. The van der Waals surface area contributed by atoms with Gasteiger partial charge in [-0.1, -0.05) is 49.3 Å². The van der Waals surface area contributed by atoms with Crippen LogP contribution >= 0.6 is 23.4 Å². The highest BCUT2D eigenvalue weighted by molar-refractivity contribution is 7.99. The van der Waals surface area contributed by atoms with Crippen molar-refractivity contribution < 1.29 is 4.79 Å². The number of amides is 1. The topological polar surface area (TPSA) is 55.2 Å². The zero-order chi connectivity index (χ0) is 22.7. The lowest BCUT2D eigenvalue weighted by molar-refractivity contribution is -0.129. The Labute approximate surface area is 197 Å². The SMILES string of the molecule is CCC(C)c1ccc(-n2c(SCC(=O)N3CCCCC3)nc3cc(Cl)ccc3c2=O)cc1. The first-order valence-corrected chi connectivity index (χ1v) is 12.6. The van der Waals surface area contributed by atoms with Gasteiger partial charge in [-0.2, -0.15) is 0 Å². The molecule has 2 aromatic carbocycles. The Morgan fingerprint density at radius 1 is 1.12 bits per heavy atom. The van der Waals surface area contributed by atoms with Crippen molar-refractivity contribution in [1.29, 1.82) is 0 Å². The molecule has 7 heteroatoms. The molecular formula is C25H28ClN3O2S. The van der Waals surface area contributed by atoms with E-state index >= 15 is 0 Å². The normalized spacial score (nSPS) is 15.2. The summed E-state index contributed by atoms with van der Waals surface area (Å²) in [7, 11) is 0. The molecule has 1 unspecified atom stereocenters. The molecule has 5 nitrogen and oxygen atoms in total. The summed E-state index contributed by atoms with van der Waals surface area (Å²) in [6.45, 7) is 5.97. The van der Waals surface area contributed by atoms with E-state index in [1.54, 1.807) is 22.8 Å². The van der Waals surface area contributed by atoms with Gasteiger partial charge in [0.15, 0.2) is 5.16 Å². The molecule has 0 spiro atoms. The highest BCUT2D eigenvalue weighted by atomic mass is 35.5. The average molecular weight is 470 g/mol. The summed E-state index contributed by atoms with van der Waals surface area (Å²) in [5, 5.41) is 1.54. The second-order valence-corrected chi connectivity index (χ2v) is 9.71. The lowest BCUT2D eigenvalue weighted by atomic mass is 9.98. The Kier molecular flexibility index (Phi) is 7.21. The Balaban J connectivity index is 1.72. The molecule has 2 heterocycles. The van der Waals surface area contributed by atoms with Gasteiger partial charge in [-0.3, -0.25) is 14.2 Å². The number of halogens is 1. The second kappa shape index (κ2) is 10.1. The molecule has 0 radical (unpaired) electrons. The maximum Gasteiger partial charge on any atom is 0.266 e. The molecule has 1 aromatic heterocycles. The van der Waals surface area contributed by atoms with Crippen molar-refractivity contribution >= 4 is 40.2 Å². The van der Waals surface area contributed by atoms with Crippen molar-refractivity contribution in [2.24, 2.45) is 0 Å². The number of likely N-dealkylation sites (tertiary alicyclic amines) is 1. The summed E-state index contributed by atoms with van der Waals surface area (Å²) in [5.41, 5.74) is 2.37. The van der Waals surface area contributed by atoms with Crippen molar-refractivity contribution in [3.63, 3.8) is 0 Å². The van der Waals surface area contributed by atoms with Crippen molar-refractivity contribution in [2.45, 2.75) is 50.6 Å². The molecule has 0 saturated carbocycles. The number of aromatic nitrogens is 2. The van der Waals surface area contributed by atoms with Crippen LogP contribution in [0.5, 0.6) is 0 Å². The highest BCUT2D eigenvalue weighted by Crippen LogP contribution is 2.25. The molecule has 32 heavy (non-hydrogen) atoms. The molecule has 4 rings (SSSR count). The van der Waals surface area contributed by atoms with Gasteiger partial charge in [-0.05, 0) is 67.5 Å². The first-order valence-electron chi connectivity index (χ1n) is 11.2. The molecule has 3 aromatic rings. The maximum absolute atomic E-state index is 13.5. The summed E-state index contributed by atoms with van der Waals surface area (Å²) in [4.78, 5) is 32.8. The summed E-state index contributed by atoms with van der Waals surface area (Å²) in [6, 6.07) is 13.2. The monoisotopic (exact) mass is 469 g/mol. The Morgan fingerprint density at radius 2 is 1.84 bits per heavy atom. The van der Waals surface area contributed by atoms with E-state index in [2.05, 4.69) is 26.0 Å². The van der Waals surface area contributed by atoms with E-state index in [0.29, 0.717) is 27.0 Å². The van der Waals surface area contributed by atoms with Gasteiger partial charge < -0.3 is 4.90 Å². The number of rotatable bonds is 6. The quantitative estimate of drug-likeness (QED) is 0.345. The van der Waals surface area contributed by atoms with Crippen molar-refractivity contribution in [3.8, 4) is 5.69 Å². The summed E-state index contributed by atoms with van der Waals surface area (Å²) < 4.78 is 1.62. The third-order valence-electron chi connectivity index (χ3n) is 6.17. The Morgan fingerprint density at radius 3 is 2.53 bits per heavy atom. The summed E-state index contributed by atoms with van der Waals surface area (Å²) in [6.07, 6.45) is 4.33. The number of hydrogen-bond acceptors (Lipinski definition) is 4. The van der Waals surface area contributed by atoms with Crippen molar-refractivity contribution in [1.82, 2.24) is 14.5 Å². The molecule has 0 bridgehead atoms. The third-order valence-corrected chi connectivity index (χ3v) is 7.33. The lowest BCUT2D eigenvalue weighted by Gasteiger charge is -2.26. The van der Waals surface area contributed by atoms with Crippen LogP contribution in [0.1, 0.15) is 51.0 Å². The number of thioether (sulfide) groups is 1. The third kappa shape index (κ3) is 4.86. The summed E-state index contributed by atoms with van der Waals surface area (Å²) in [5.74, 6) is 0.797. The molecule has 1 atom stereocenters. The number of piperidine rings is 1. The van der Waals surface area contributed by atoms with Gasteiger partial charge in [0.2, 0.25) is 5.91 Å². The minimum atomic E-state index is -0.157. The van der Waals surface area contributed by atoms with E-state index in [1.165, 1.54) is 23.7 Å². The average Bonchev–Trinajstić information content (AvgIpc) is 2.82. The Bertz CT molecular complexity index is 1170. The molecule has 1 saturated heterocycles. The van der Waals surface area contributed by atoms with Crippen LogP contribution in [-0.4, -0.2) is 39.2 Å². The van der Waals surface area contributed by atoms with Gasteiger partial charge in [0.25, 0.3) is 5.56 Å². The minimum absolute atomic E-state index is 0.0915. The molecule has 1 amide bonds. The smallest absolute Gasteiger partial charge is 0.266 e. The van der Waals surface area contributed by atoms with Gasteiger partial charge in [0.1, 0.15) is 0 Å². The Hall–Kier alpha value is -2.31. The van der Waals surface area contributed by atoms with Crippen LogP contribution in [0.15, 0.2) is 52.4 Å². The van der Waals surface area contributed by atoms with Gasteiger partial charge >= 0.3 is 0 Å². The van der Waals surface area contributed by atoms with Crippen LogP contribution in [-0.2, 0) is 4.79 Å². The maximum atomic E-state index is 13.5. The van der Waals surface area contributed by atoms with Crippen molar-refractivity contribution in [3.05, 3.63) is 63.4 Å². The second-order valence-electron chi connectivity index (χ2n) is 8.33. The number of hydrogen-bond donors (Lipinski definition) is 0. The standard InChI is InChI=1S/C25H28ClN3O2S/c1-3-17(2)18-7-10-20(11-8-18)29-24(31)21-12-9-19(26)15-22(21)27-25(29)32-16-23(30)28-13-5-4-6-14-28/h7-12,15,17H,3-6,13-14,16H2,1-2H3. The van der Waals surface area contributed by atoms with Crippen LogP contribution < -0.4 is 5.56 Å². The van der Waals surface area contributed by atoms with Crippen molar-refractivity contribution in [2.75, 3.05) is 18.8 Å². The number of fused-ring (bicyclic) bond motifs is 1. The van der Waals surface area contributed by atoms with E-state index < -0.39 is 0 Å². The molecule has 168 valence electrons. The van der Waals surface area contributed by atoms with Gasteiger partial charge in [-0.25, -0.2) is 4.98 Å². The largest absolute Gasteiger partial charge is 0.342 e. The van der Waals surface area contributed by atoms with E-state index in [9.17, 15) is 9.59 Å². The van der Waals surface area contributed by atoms with Crippen LogP contribution in [0.2, 0.25) is 5.02 Å². The number of carbonyl (C=O) groups is 1. The first kappa shape index (κ1) is 22.9. The zero-order valence-electron chi connectivity index (χ0n) is 18.5. The summed E-state index contributed by atoms with van der Waals surface area (Å²) >= 11 is 7.46. The zero-order valence-corrected chi connectivity index (χ0v) is 20.1. The first-order chi connectivity index (χ1) is 15.5. The van der Waals surface area contributed by atoms with Crippen LogP contribution in [0.25, 0.3) is 16.6 Å². The predicted molar refractivity (Wildman–Crippen MR) is 132 cm³/mol. The van der Waals surface area contributed by atoms with Gasteiger partial charge in [0.05, 0.1) is 22.3 Å². The van der Waals surface area contributed by atoms with Crippen LogP contribution in [0.3, 0.4) is 0 Å². The fraction of sp³-hybridized carbons (Fsp3) is 0.400. The number of benzene rings is 2. The van der Waals surface area contributed by atoms with Gasteiger partial charge in [-0.15, -0.1) is 0 Å². The molecule has 0 N–H and O–H groups in total. The lowest BCUT2D eigenvalue weighted by Crippen LogP contribution is -2.36. The van der Waals surface area contributed by atoms with E-state index in [-0.39, 0.29) is 17.2 Å². The fourth-order valence-corrected chi connectivity index (χ4v) is 5.09. The van der Waals surface area contributed by atoms with Crippen LogP contribution in [0, 0.1) is 0 Å². The van der Waals surface area contributed by atoms with Crippen LogP contribution in [0.4, 0.5) is 0 Å². The van der Waals surface area contributed by atoms with E-state index in [0.717, 1.165) is 38.0 Å². The fourth-order valence-electron chi connectivity index (χ4n) is 4.01. The van der Waals surface area contributed by atoms with E-state index in [1.807, 2.05) is 17.0 Å². The van der Waals surface area contributed by atoms with Gasteiger partial charge in [0, 0.05) is 18.1 Å². The molecular weight excluding hydrogens is 442 g/mol. The predicted octanol–water partition coefficient (Wildman–Crippen LogP) is 5.66. The molecule has 1 fully saturated rings. The minimum Gasteiger partial charge on any atom is -0.342 e. The highest BCUT2D eigenvalue weighted by Gasteiger charge is 2.19. The molecule has 1 aliphatic rings.